The van der Waals surface area contributed by atoms with Crippen LogP contribution in [0.15, 0.2) is 29.8 Å². The smallest absolute Gasteiger partial charge is 0.241 e. The van der Waals surface area contributed by atoms with E-state index in [0.29, 0.717) is 35.3 Å². The number of hydrogen-bond acceptors (Lipinski definition) is 9. The third-order valence-corrected chi connectivity index (χ3v) is 8.96. The topological polar surface area (TPSA) is 153 Å². The van der Waals surface area contributed by atoms with E-state index in [4.69, 9.17) is 5.73 Å². The van der Waals surface area contributed by atoms with Crippen molar-refractivity contribution in [3.8, 4) is 0 Å². The minimum atomic E-state index is -1.16. The molecule has 0 unspecified atom stereocenters. The second-order valence-electron chi connectivity index (χ2n) is 12.6. The molecule has 1 aliphatic carbocycles. The molecule has 2 heterocycles. The molecular weight excluding hydrogens is 580 g/mol. The van der Waals surface area contributed by atoms with Gasteiger partial charge in [0, 0.05) is 38.5 Å². The Morgan fingerprint density at radius 3 is 2.30 bits per heavy atom. The summed E-state index contributed by atoms with van der Waals surface area (Å²) in [6.07, 6.45) is 5.57. The fourth-order valence-electron chi connectivity index (χ4n) is 5.79. The summed E-state index contributed by atoms with van der Waals surface area (Å²) in [5, 5.41) is 24.7. The van der Waals surface area contributed by atoms with Gasteiger partial charge in [0.25, 0.3) is 0 Å². The molecule has 0 spiro atoms. The monoisotopic (exact) mass is 630 g/mol. The highest BCUT2D eigenvalue weighted by Crippen LogP contribution is 2.32. The number of thiazole rings is 1. The third kappa shape index (κ3) is 11.1. The van der Waals surface area contributed by atoms with Gasteiger partial charge < -0.3 is 30.6 Å². The number of hydrogen-bond donors (Lipinski definition) is 3. The number of likely N-dealkylation sites (N-methyl/N-ethyl adjacent to an activating group) is 1. The Balaban J connectivity index is 1.84. The van der Waals surface area contributed by atoms with Crippen molar-refractivity contribution in [2.24, 2.45) is 11.8 Å². The van der Waals surface area contributed by atoms with Crippen LogP contribution in [0.4, 0.5) is 5.13 Å². The number of nitrogens with two attached hydrogens (primary N) is 1. The van der Waals surface area contributed by atoms with Crippen LogP contribution in [0.5, 0.6) is 0 Å². The first-order chi connectivity index (χ1) is 20.9. The van der Waals surface area contributed by atoms with Gasteiger partial charge in [0.15, 0.2) is 5.13 Å². The summed E-state index contributed by atoms with van der Waals surface area (Å²) >= 11 is 1.27. The van der Waals surface area contributed by atoms with E-state index in [1.54, 1.807) is 42.7 Å². The maximum Gasteiger partial charge on any atom is 0.241 e. The molecule has 2 aromatic heterocycles. The fraction of sp³-hybridized carbons (Fsp3) is 0.656. The van der Waals surface area contributed by atoms with E-state index in [1.807, 2.05) is 19.9 Å². The standard InChI is InChI=1S/C32H50N6O5S/c1-22(2)16-27(39)31(43)26(17-23-10-6-5-7-11-23)38(19-25-21-44-32(33)35-25)29(41)14-13-28(40)37(20-30(42)36(3)4)18-24-12-8-9-15-34-24/h8-9,12,15,21-23,26-27,31,39,43H,5-7,10-11,13-14,16-20H2,1-4H3,(H2,33,35)/t26-,27-,31+/m0/s1. The van der Waals surface area contributed by atoms with Crippen LogP contribution in [-0.4, -0.2) is 91.5 Å². The molecule has 12 heteroatoms. The van der Waals surface area contributed by atoms with E-state index in [2.05, 4.69) is 9.97 Å². The zero-order valence-electron chi connectivity index (χ0n) is 26.6. The largest absolute Gasteiger partial charge is 0.390 e. The number of amides is 3. The summed E-state index contributed by atoms with van der Waals surface area (Å²) in [6.45, 7) is 4.08. The predicted octanol–water partition coefficient (Wildman–Crippen LogP) is 3.45. The molecule has 244 valence electrons. The van der Waals surface area contributed by atoms with E-state index in [0.717, 1.165) is 25.7 Å². The second kappa shape index (κ2) is 17.4. The number of carbonyl (C=O) groups excluding carboxylic acids is 3. The molecule has 3 atom stereocenters. The van der Waals surface area contributed by atoms with Crippen molar-refractivity contribution < 1.29 is 24.6 Å². The summed E-state index contributed by atoms with van der Waals surface area (Å²) in [5.74, 6) is -0.430. The number of aliphatic hydroxyl groups is 2. The number of carbonyl (C=O) groups is 3. The normalized spacial score (nSPS) is 15.9. The lowest BCUT2D eigenvalue weighted by atomic mass is 9.81. The number of aromatic nitrogens is 2. The van der Waals surface area contributed by atoms with Crippen LogP contribution in [-0.2, 0) is 27.5 Å². The lowest BCUT2D eigenvalue weighted by molar-refractivity contribution is -0.145. The zero-order chi connectivity index (χ0) is 32.2. The molecule has 0 bridgehead atoms. The first kappa shape index (κ1) is 35.4. The van der Waals surface area contributed by atoms with Crippen LogP contribution in [0, 0.1) is 11.8 Å². The first-order valence-electron chi connectivity index (χ1n) is 15.7. The molecule has 44 heavy (non-hydrogen) atoms. The molecule has 3 amide bonds. The van der Waals surface area contributed by atoms with E-state index in [1.165, 1.54) is 27.6 Å². The van der Waals surface area contributed by atoms with Gasteiger partial charge in [-0.2, -0.15) is 0 Å². The highest BCUT2D eigenvalue weighted by Gasteiger charge is 2.37. The highest BCUT2D eigenvalue weighted by atomic mass is 32.1. The minimum absolute atomic E-state index is 0.111. The maximum atomic E-state index is 14.0. The Bertz CT molecular complexity index is 1190. The molecule has 0 radical (unpaired) electrons. The Labute approximate surface area is 265 Å². The average Bonchev–Trinajstić information content (AvgIpc) is 3.41. The van der Waals surface area contributed by atoms with Crippen molar-refractivity contribution in [1.82, 2.24) is 24.7 Å². The third-order valence-electron chi connectivity index (χ3n) is 8.23. The fourth-order valence-corrected chi connectivity index (χ4v) is 6.35. The van der Waals surface area contributed by atoms with Crippen LogP contribution in [0.3, 0.4) is 0 Å². The number of anilines is 1. The summed E-state index contributed by atoms with van der Waals surface area (Å²) in [7, 11) is 3.26. The second-order valence-corrected chi connectivity index (χ2v) is 13.4. The van der Waals surface area contributed by atoms with Crippen molar-refractivity contribution >= 4 is 34.2 Å². The van der Waals surface area contributed by atoms with Crippen LogP contribution in [0.25, 0.3) is 0 Å². The van der Waals surface area contributed by atoms with Crippen LogP contribution in [0.1, 0.15) is 83.0 Å². The molecule has 1 aliphatic rings. The molecule has 0 aliphatic heterocycles. The van der Waals surface area contributed by atoms with Gasteiger partial charge in [0.05, 0.1) is 36.6 Å². The van der Waals surface area contributed by atoms with Crippen LogP contribution < -0.4 is 5.73 Å². The number of nitrogen functional groups attached to an aromatic ring is 1. The molecule has 0 saturated heterocycles. The molecular formula is C32H50N6O5S. The van der Waals surface area contributed by atoms with Gasteiger partial charge in [0.2, 0.25) is 17.7 Å². The molecule has 2 aromatic rings. The van der Waals surface area contributed by atoms with Gasteiger partial charge in [-0.15, -0.1) is 11.3 Å². The van der Waals surface area contributed by atoms with Crippen molar-refractivity contribution in [3.63, 3.8) is 0 Å². The first-order valence-corrected chi connectivity index (χ1v) is 16.6. The molecule has 1 fully saturated rings. The van der Waals surface area contributed by atoms with Crippen molar-refractivity contribution in [3.05, 3.63) is 41.2 Å². The minimum Gasteiger partial charge on any atom is -0.390 e. The quantitative estimate of drug-likeness (QED) is 0.255. The molecule has 11 nitrogen and oxygen atoms in total. The van der Waals surface area contributed by atoms with E-state index < -0.39 is 18.2 Å². The Morgan fingerprint density at radius 1 is 1.00 bits per heavy atom. The van der Waals surface area contributed by atoms with Gasteiger partial charge in [-0.3, -0.25) is 19.4 Å². The number of pyridine rings is 1. The van der Waals surface area contributed by atoms with Gasteiger partial charge >= 0.3 is 0 Å². The van der Waals surface area contributed by atoms with E-state index in [9.17, 15) is 24.6 Å². The van der Waals surface area contributed by atoms with Crippen molar-refractivity contribution in [2.45, 2.75) is 103 Å². The highest BCUT2D eigenvalue weighted by molar-refractivity contribution is 7.13. The summed E-state index contributed by atoms with van der Waals surface area (Å²) < 4.78 is 0. The predicted molar refractivity (Wildman–Crippen MR) is 171 cm³/mol. The van der Waals surface area contributed by atoms with Gasteiger partial charge in [-0.1, -0.05) is 52.0 Å². The van der Waals surface area contributed by atoms with E-state index in [-0.39, 0.29) is 56.1 Å². The molecule has 3 rings (SSSR count). The van der Waals surface area contributed by atoms with Crippen molar-refractivity contribution in [2.75, 3.05) is 26.4 Å². The van der Waals surface area contributed by atoms with Gasteiger partial charge in [-0.25, -0.2) is 4.98 Å². The van der Waals surface area contributed by atoms with Gasteiger partial charge in [-0.05, 0) is 36.8 Å². The average molecular weight is 631 g/mol. The lowest BCUT2D eigenvalue weighted by Gasteiger charge is -2.39. The van der Waals surface area contributed by atoms with E-state index >= 15 is 0 Å². The number of rotatable bonds is 16. The summed E-state index contributed by atoms with van der Waals surface area (Å²) in [5.41, 5.74) is 7.14. The van der Waals surface area contributed by atoms with Crippen molar-refractivity contribution in [1.29, 1.82) is 0 Å². The lowest BCUT2D eigenvalue weighted by Crippen LogP contribution is -2.52. The molecule has 4 N–H and O–H groups in total. The summed E-state index contributed by atoms with van der Waals surface area (Å²) in [4.78, 5) is 53.2. The van der Waals surface area contributed by atoms with Crippen LogP contribution in [0.2, 0.25) is 0 Å². The Morgan fingerprint density at radius 2 is 1.70 bits per heavy atom. The SMILES string of the molecule is CC(C)C[C@H](O)[C@H](O)[C@H](CC1CCCCC1)N(Cc1csc(N)n1)C(=O)CCC(=O)N(CC(=O)N(C)C)Cc1ccccn1. The maximum absolute atomic E-state index is 14.0. The molecule has 1 saturated carbocycles. The number of nitrogens with zero attached hydrogens (tertiary/aromatic N) is 5. The number of aliphatic hydroxyl groups excluding tert-OH is 2. The van der Waals surface area contributed by atoms with Gasteiger partial charge in [0.1, 0.15) is 12.6 Å². The van der Waals surface area contributed by atoms with Crippen LogP contribution >= 0.6 is 11.3 Å². The Hall–Kier alpha value is -3.09. The Kier molecular flexibility index (Phi) is 14.0. The summed E-state index contributed by atoms with van der Waals surface area (Å²) in [6, 6.07) is 4.72. The zero-order valence-corrected chi connectivity index (χ0v) is 27.4. The molecule has 0 aromatic carbocycles.